The Kier molecular flexibility index (Phi) is 11.5. The first-order chi connectivity index (χ1) is 12.5. The molecule has 0 bridgehead atoms. The molecule has 0 fully saturated rings. The van der Waals surface area contributed by atoms with Gasteiger partial charge in [0.05, 0.1) is 0 Å². The van der Waals surface area contributed by atoms with Crippen molar-refractivity contribution in [2.24, 2.45) is 0 Å². The molecule has 0 amide bonds. The zero-order valence-electron chi connectivity index (χ0n) is 16.3. The summed E-state index contributed by atoms with van der Waals surface area (Å²) in [6, 6.07) is 0. The van der Waals surface area contributed by atoms with Crippen LogP contribution in [0, 0.1) is 11.8 Å². The molecule has 0 aromatic heterocycles. The number of hydrogen-bond acceptors (Lipinski definition) is 5. The first kappa shape index (κ1) is 22.2. The Hall–Kier alpha value is -1.80. The van der Waals surface area contributed by atoms with E-state index < -0.39 is 24.1 Å². The predicted octanol–water partition coefficient (Wildman–Crippen LogP) is 3.95. The van der Waals surface area contributed by atoms with Crippen LogP contribution in [0.4, 0.5) is 0 Å². The number of unbranched alkanes of at least 4 members (excludes halogenated alkanes) is 7. The van der Waals surface area contributed by atoms with E-state index in [4.69, 9.17) is 14.2 Å². The van der Waals surface area contributed by atoms with E-state index >= 15 is 0 Å². The monoisotopic (exact) mass is 364 g/mol. The molecule has 0 aromatic carbocycles. The Morgan fingerprint density at radius 2 is 1.69 bits per heavy atom. The summed E-state index contributed by atoms with van der Waals surface area (Å²) in [4.78, 5) is 22.2. The maximum atomic E-state index is 11.2. The summed E-state index contributed by atoms with van der Waals surface area (Å²) in [6.45, 7) is 4.93. The number of esters is 2. The largest absolute Gasteiger partial charge is 0.463 e. The van der Waals surface area contributed by atoms with Gasteiger partial charge in [0, 0.05) is 20.3 Å². The Bertz CT molecular complexity index is 514. The van der Waals surface area contributed by atoms with Crippen molar-refractivity contribution in [1.29, 1.82) is 0 Å². The minimum absolute atomic E-state index is 0.0353. The van der Waals surface area contributed by atoms with Crippen LogP contribution in [0.2, 0.25) is 0 Å². The van der Waals surface area contributed by atoms with E-state index in [1.54, 1.807) is 12.2 Å². The second-order valence-electron chi connectivity index (χ2n) is 6.55. The maximum Gasteiger partial charge on any atom is 0.303 e. The van der Waals surface area contributed by atoms with Gasteiger partial charge in [0.1, 0.15) is 24.9 Å². The molecule has 26 heavy (non-hydrogen) atoms. The SMILES string of the molecule is CCCCCCCCCC#C[C@@H]1C=C[C@H](OC(C)=O)[C@@H](COC(C)=O)O1. The summed E-state index contributed by atoms with van der Waals surface area (Å²) >= 11 is 0. The van der Waals surface area contributed by atoms with Gasteiger partial charge in [0.15, 0.2) is 0 Å². The van der Waals surface area contributed by atoms with E-state index in [9.17, 15) is 9.59 Å². The fraction of sp³-hybridized carbons (Fsp3) is 0.714. The van der Waals surface area contributed by atoms with Gasteiger partial charge < -0.3 is 14.2 Å². The summed E-state index contributed by atoms with van der Waals surface area (Å²) < 4.78 is 16.0. The van der Waals surface area contributed by atoms with Gasteiger partial charge in [-0.1, -0.05) is 51.4 Å². The lowest BCUT2D eigenvalue weighted by Gasteiger charge is -2.29. The van der Waals surface area contributed by atoms with E-state index in [-0.39, 0.29) is 12.7 Å². The van der Waals surface area contributed by atoms with E-state index in [2.05, 4.69) is 18.8 Å². The average Bonchev–Trinajstić information content (AvgIpc) is 2.59. The maximum absolute atomic E-state index is 11.2. The molecule has 0 saturated heterocycles. The van der Waals surface area contributed by atoms with Crippen molar-refractivity contribution in [3.05, 3.63) is 12.2 Å². The normalized spacial score (nSPS) is 21.6. The van der Waals surface area contributed by atoms with Gasteiger partial charge >= 0.3 is 11.9 Å². The molecule has 0 aromatic rings. The molecule has 0 spiro atoms. The summed E-state index contributed by atoms with van der Waals surface area (Å²) in [5, 5.41) is 0. The van der Waals surface area contributed by atoms with E-state index in [0.29, 0.717) is 0 Å². The standard InChI is InChI=1S/C21H32O5/c1-4-5-6-7-8-9-10-11-12-13-19-14-15-20(25-18(3)23)21(26-19)16-24-17(2)22/h14-15,19-21H,4-11,16H2,1-3H3/t19-,20+,21-/m1/s1. The van der Waals surface area contributed by atoms with Gasteiger partial charge in [0.2, 0.25) is 0 Å². The van der Waals surface area contributed by atoms with Crippen molar-refractivity contribution in [3.63, 3.8) is 0 Å². The van der Waals surface area contributed by atoms with Crippen molar-refractivity contribution < 1.29 is 23.8 Å². The molecule has 5 heteroatoms. The molecule has 0 N–H and O–H groups in total. The van der Waals surface area contributed by atoms with Crippen LogP contribution in [0.25, 0.3) is 0 Å². The quantitative estimate of drug-likeness (QED) is 0.254. The van der Waals surface area contributed by atoms with Gasteiger partial charge in [-0.05, 0) is 18.6 Å². The fourth-order valence-corrected chi connectivity index (χ4v) is 2.71. The first-order valence-corrected chi connectivity index (χ1v) is 9.65. The summed E-state index contributed by atoms with van der Waals surface area (Å²) in [5.41, 5.74) is 0. The highest BCUT2D eigenvalue weighted by molar-refractivity contribution is 5.66. The lowest BCUT2D eigenvalue weighted by molar-refractivity contribution is -0.161. The Morgan fingerprint density at radius 1 is 1.00 bits per heavy atom. The number of carbonyl (C=O) groups is 2. The van der Waals surface area contributed by atoms with Crippen LogP contribution in [-0.4, -0.2) is 36.9 Å². The number of carbonyl (C=O) groups excluding carboxylic acids is 2. The van der Waals surface area contributed by atoms with Gasteiger partial charge in [-0.3, -0.25) is 9.59 Å². The minimum Gasteiger partial charge on any atom is -0.463 e. The lowest BCUT2D eigenvalue weighted by atomic mass is 10.1. The third-order valence-electron chi connectivity index (χ3n) is 4.07. The highest BCUT2D eigenvalue weighted by atomic mass is 16.6. The van der Waals surface area contributed by atoms with Crippen LogP contribution in [0.1, 0.15) is 72.1 Å². The van der Waals surface area contributed by atoms with Crippen molar-refractivity contribution >= 4 is 11.9 Å². The smallest absolute Gasteiger partial charge is 0.303 e. The Balaban J connectivity index is 2.38. The molecular formula is C21H32O5. The lowest BCUT2D eigenvalue weighted by Crippen LogP contribution is -2.41. The van der Waals surface area contributed by atoms with Crippen LogP contribution >= 0.6 is 0 Å². The molecule has 0 aliphatic carbocycles. The zero-order chi connectivity index (χ0) is 19.2. The van der Waals surface area contributed by atoms with E-state index in [0.717, 1.165) is 12.8 Å². The predicted molar refractivity (Wildman–Crippen MR) is 100 cm³/mol. The molecule has 1 heterocycles. The summed E-state index contributed by atoms with van der Waals surface area (Å²) in [5.74, 6) is 5.44. The van der Waals surface area contributed by atoms with Gasteiger partial charge in [-0.2, -0.15) is 0 Å². The first-order valence-electron chi connectivity index (χ1n) is 9.65. The highest BCUT2D eigenvalue weighted by Gasteiger charge is 2.29. The second-order valence-corrected chi connectivity index (χ2v) is 6.55. The number of hydrogen-bond donors (Lipinski definition) is 0. The van der Waals surface area contributed by atoms with Crippen molar-refractivity contribution in [3.8, 4) is 11.8 Å². The summed E-state index contributed by atoms with van der Waals surface area (Å²) in [7, 11) is 0. The fourth-order valence-electron chi connectivity index (χ4n) is 2.71. The van der Waals surface area contributed by atoms with Crippen LogP contribution in [-0.2, 0) is 23.8 Å². The topological polar surface area (TPSA) is 61.8 Å². The Morgan fingerprint density at radius 3 is 2.35 bits per heavy atom. The van der Waals surface area contributed by atoms with Crippen molar-refractivity contribution in [1.82, 2.24) is 0 Å². The molecule has 0 unspecified atom stereocenters. The van der Waals surface area contributed by atoms with E-state index in [1.165, 1.54) is 52.4 Å². The molecule has 1 aliphatic heterocycles. The van der Waals surface area contributed by atoms with Crippen LogP contribution < -0.4 is 0 Å². The molecular weight excluding hydrogens is 332 g/mol. The molecule has 1 aliphatic rings. The second kappa shape index (κ2) is 13.4. The molecule has 0 radical (unpaired) electrons. The average molecular weight is 364 g/mol. The summed E-state index contributed by atoms with van der Waals surface area (Å²) in [6.07, 6.45) is 11.8. The molecule has 5 nitrogen and oxygen atoms in total. The minimum atomic E-state index is -0.562. The third kappa shape index (κ3) is 10.2. The highest BCUT2D eigenvalue weighted by Crippen LogP contribution is 2.17. The Labute approximate surface area is 157 Å². The van der Waals surface area contributed by atoms with Crippen LogP contribution in [0.3, 0.4) is 0 Å². The van der Waals surface area contributed by atoms with Gasteiger partial charge in [0.25, 0.3) is 0 Å². The van der Waals surface area contributed by atoms with Crippen molar-refractivity contribution in [2.45, 2.75) is 90.4 Å². The van der Waals surface area contributed by atoms with Gasteiger partial charge in [-0.15, -0.1) is 5.92 Å². The molecule has 146 valence electrons. The van der Waals surface area contributed by atoms with Crippen molar-refractivity contribution in [2.75, 3.05) is 6.61 Å². The van der Waals surface area contributed by atoms with Crippen LogP contribution in [0.5, 0.6) is 0 Å². The van der Waals surface area contributed by atoms with E-state index in [1.807, 2.05) is 0 Å². The van der Waals surface area contributed by atoms with Crippen LogP contribution in [0.15, 0.2) is 12.2 Å². The van der Waals surface area contributed by atoms with Gasteiger partial charge in [-0.25, -0.2) is 0 Å². The number of rotatable bonds is 10. The number of ether oxygens (including phenoxy) is 3. The molecule has 3 atom stereocenters. The zero-order valence-corrected chi connectivity index (χ0v) is 16.3. The third-order valence-corrected chi connectivity index (χ3v) is 4.07. The molecule has 1 rings (SSSR count). The molecule has 0 saturated carbocycles.